The number of nitrogens with one attached hydrogen (secondary N) is 1. The van der Waals surface area contributed by atoms with E-state index in [4.69, 9.17) is 0 Å². The first-order valence-corrected chi connectivity index (χ1v) is 7.28. The predicted octanol–water partition coefficient (Wildman–Crippen LogP) is 3.26. The monoisotopic (exact) mass is 235 g/mol. The highest BCUT2D eigenvalue weighted by Gasteiger charge is 2.15. The fourth-order valence-corrected chi connectivity index (χ4v) is 2.92. The summed E-state index contributed by atoms with van der Waals surface area (Å²) in [5.74, 6) is 4.02. The van der Waals surface area contributed by atoms with Gasteiger partial charge in [-0.1, -0.05) is 38.1 Å². The van der Waals surface area contributed by atoms with Crippen LogP contribution in [0.2, 0.25) is 0 Å². The topological polar surface area (TPSA) is 12.0 Å². The van der Waals surface area contributed by atoms with Gasteiger partial charge in [-0.2, -0.15) is 11.8 Å². The molecule has 0 spiro atoms. The lowest BCUT2D eigenvalue weighted by molar-refractivity contribution is 0.385. The highest BCUT2D eigenvalue weighted by Crippen LogP contribution is 2.20. The van der Waals surface area contributed by atoms with Crippen LogP contribution in [0.25, 0.3) is 0 Å². The van der Waals surface area contributed by atoms with E-state index in [1.54, 1.807) is 0 Å². The van der Waals surface area contributed by atoms with Gasteiger partial charge in [-0.15, -0.1) is 0 Å². The molecular weight excluding hydrogens is 214 g/mol. The van der Waals surface area contributed by atoms with E-state index in [1.165, 1.54) is 30.0 Å². The Balaban J connectivity index is 1.75. The van der Waals surface area contributed by atoms with Crippen LogP contribution in [-0.2, 0) is 5.75 Å². The second-order valence-electron chi connectivity index (χ2n) is 4.94. The molecule has 0 bridgehead atoms. The molecule has 2 rings (SSSR count). The van der Waals surface area contributed by atoms with Crippen molar-refractivity contribution in [3.63, 3.8) is 0 Å². The van der Waals surface area contributed by atoms with Crippen LogP contribution >= 0.6 is 11.8 Å². The van der Waals surface area contributed by atoms with Gasteiger partial charge in [0.2, 0.25) is 0 Å². The van der Waals surface area contributed by atoms with Crippen molar-refractivity contribution in [2.24, 2.45) is 5.92 Å². The van der Waals surface area contributed by atoms with Crippen molar-refractivity contribution in [1.29, 1.82) is 0 Å². The van der Waals surface area contributed by atoms with Crippen molar-refractivity contribution >= 4 is 11.8 Å². The minimum Gasteiger partial charge on any atom is -0.316 e. The molecule has 88 valence electrons. The van der Waals surface area contributed by atoms with Gasteiger partial charge >= 0.3 is 0 Å². The summed E-state index contributed by atoms with van der Waals surface area (Å²) in [5.41, 5.74) is 2.90. The zero-order valence-electron chi connectivity index (χ0n) is 10.2. The van der Waals surface area contributed by atoms with E-state index < -0.39 is 0 Å². The quantitative estimate of drug-likeness (QED) is 0.840. The average molecular weight is 235 g/mol. The molecule has 2 heteroatoms. The highest BCUT2D eigenvalue weighted by atomic mass is 32.2. The van der Waals surface area contributed by atoms with E-state index in [0.29, 0.717) is 5.92 Å². The van der Waals surface area contributed by atoms with Crippen LogP contribution in [0.1, 0.15) is 30.9 Å². The van der Waals surface area contributed by atoms with Crippen molar-refractivity contribution in [2.75, 3.05) is 18.8 Å². The first-order valence-electron chi connectivity index (χ1n) is 6.13. The second-order valence-corrected chi connectivity index (χ2v) is 5.97. The SMILES string of the molecule is CC(C)c1ccc(CSCC2CNC2)cc1. The van der Waals surface area contributed by atoms with Crippen molar-refractivity contribution in [1.82, 2.24) is 5.32 Å². The molecule has 1 aliphatic heterocycles. The Bertz CT molecular complexity index is 314. The van der Waals surface area contributed by atoms with E-state index >= 15 is 0 Å². The first-order chi connectivity index (χ1) is 7.75. The number of hydrogen-bond donors (Lipinski definition) is 1. The molecule has 1 aromatic rings. The fraction of sp³-hybridized carbons (Fsp3) is 0.571. The molecular formula is C14H21NS. The number of benzene rings is 1. The van der Waals surface area contributed by atoms with Gasteiger partial charge in [0.05, 0.1) is 0 Å². The first kappa shape index (κ1) is 12.0. The molecule has 0 aliphatic carbocycles. The largest absolute Gasteiger partial charge is 0.316 e. The van der Waals surface area contributed by atoms with Gasteiger partial charge in [-0.25, -0.2) is 0 Å². The molecule has 1 fully saturated rings. The van der Waals surface area contributed by atoms with Crippen molar-refractivity contribution in [3.8, 4) is 0 Å². The van der Waals surface area contributed by atoms with E-state index in [2.05, 4.69) is 55.2 Å². The minimum absolute atomic E-state index is 0.641. The Labute approximate surface area is 103 Å². The summed E-state index contributed by atoms with van der Waals surface area (Å²) in [7, 11) is 0. The molecule has 0 radical (unpaired) electrons. The van der Waals surface area contributed by atoms with Gasteiger partial charge in [0, 0.05) is 5.75 Å². The fourth-order valence-electron chi connectivity index (χ4n) is 1.81. The zero-order chi connectivity index (χ0) is 11.4. The molecule has 1 heterocycles. The molecule has 16 heavy (non-hydrogen) atoms. The van der Waals surface area contributed by atoms with Crippen LogP contribution < -0.4 is 5.32 Å². The smallest absolute Gasteiger partial charge is 0.0184 e. The van der Waals surface area contributed by atoms with Crippen LogP contribution in [0.3, 0.4) is 0 Å². The van der Waals surface area contributed by atoms with E-state index in [9.17, 15) is 0 Å². The van der Waals surface area contributed by atoms with Gasteiger partial charge in [0.15, 0.2) is 0 Å². The maximum absolute atomic E-state index is 3.32. The summed E-state index contributed by atoms with van der Waals surface area (Å²) in [6, 6.07) is 9.10. The number of thioether (sulfide) groups is 1. The van der Waals surface area contributed by atoms with Crippen LogP contribution in [-0.4, -0.2) is 18.8 Å². The standard InChI is InChI=1S/C14H21NS/c1-11(2)14-5-3-12(4-6-14)9-16-10-13-7-15-8-13/h3-6,11,13,15H,7-10H2,1-2H3. The lowest BCUT2D eigenvalue weighted by Crippen LogP contribution is -2.43. The zero-order valence-corrected chi connectivity index (χ0v) is 11.0. The Hall–Kier alpha value is -0.470. The molecule has 1 nitrogen and oxygen atoms in total. The normalized spacial score (nSPS) is 16.4. The maximum atomic E-state index is 3.32. The second kappa shape index (κ2) is 5.74. The molecule has 0 aromatic heterocycles. The summed E-state index contributed by atoms with van der Waals surface area (Å²) >= 11 is 2.06. The third kappa shape index (κ3) is 3.26. The minimum atomic E-state index is 0.641. The predicted molar refractivity (Wildman–Crippen MR) is 73.1 cm³/mol. The summed E-state index contributed by atoms with van der Waals surface area (Å²) < 4.78 is 0. The van der Waals surface area contributed by atoms with Crippen LogP contribution in [0.5, 0.6) is 0 Å². The molecule has 1 aromatic carbocycles. The Morgan fingerprint density at radius 2 is 1.94 bits per heavy atom. The van der Waals surface area contributed by atoms with Gasteiger partial charge in [0.25, 0.3) is 0 Å². The van der Waals surface area contributed by atoms with Gasteiger partial charge in [-0.3, -0.25) is 0 Å². The van der Waals surface area contributed by atoms with Crippen LogP contribution in [0.15, 0.2) is 24.3 Å². The molecule has 0 unspecified atom stereocenters. The van der Waals surface area contributed by atoms with Crippen molar-refractivity contribution < 1.29 is 0 Å². The molecule has 0 amide bonds. The maximum Gasteiger partial charge on any atom is 0.0184 e. The summed E-state index contributed by atoms with van der Waals surface area (Å²) in [6.07, 6.45) is 0. The number of rotatable bonds is 5. The summed E-state index contributed by atoms with van der Waals surface area (Å²) in [5, 5.41) is 3.32. The Kier molecular flexibility index (Phi) is 4.30. The Morgan fingerprint density at radius 3 is 2.44 bits per heavy atom. The van der Waals surface area contributed by atoms with E-state index in [1.807, 2.05) is 0 Å². The molecule has 0 atom stereocenters. The van der Waals surface area contributed by atoms with E-state index in [-0.39, 0.29) is 0 Å². The van der Waals surface area contributed by atoms with E-state index in [0.717, 1.165) is 11.7 Å². The van der Waals surface area contributed by atoms with Crippen LogP contribution in [0.4, 0.5) is 0 Å². The average Bonchev–Trinajstić information content (AvgIpc) is 2.22. The molecule has 0 saturated carbocycles. The van der Waals surface area contributed by atoms with Crippen LogP contribution in [0, 0.1) is 5.92 Å². The van der Waals surface area contributed by atoms with Crippen molar-refractivity contribution in [3.05, 3.63) is 35.4 Å². The molecule has 1 aliphatic rings. The summed E-state index contributed by atoms with van der Waals surface area (Å²) in [4.78, 5) is 0. The van der Waals surface area contributed by atoms with Gasteiger partial charge < -0.3 is 5.32 Å². The lowest BCUT2D eigenvalue weighted by atomic mass is 10.0. The Morgan fingerprint density at radius 1 is 1.25 bits per heavy atom. The molecule has 1 N–H and O–H groups in total. The lowest BCUT2D eigenvalue weighted by Gasteiger charge is -2.26. The molecule has 1 saturated heterocycles. The van der Waals surface area contributed by atoms with Crippen molar-refractivity contribution in [2.45, 2.75) is 25.5 Å². The van der Waals surface area contributed by atoms with Gasteiger partial charge in [-0.05, 0) is 41.8 Å². The number of hydrogen-bond acceptors (Lipinski definition) is 2. The third-order valence-corrected chi connectivity index (χ3v) is 4.38. The third-order valence-electron chi connectivity index (χ3n) is 3.13. The summed E-state index contributed by atoms with van der Waals surface area (Å²) in [6.45, 7) is 6.93. The van der Waals surface area contributed by atoms with Gasteiger partial charge in [0.1, 0.15) is 0 Å². The highest BCUT2D eigenvalue weighted by molar-refractivity contribution is 7.98.